The van der Waals surface area contributed by atoms with Crippen LogP contribution in [-0.2, 0) is 6.54 Å². The molecule has 6 nitrogen and oxygen atoms in total. The summed E-state index contributed by atoms with van der Waals surface area (Å²) >= 11 is 1.64. The normalized spacial score (nSPS) is 10.6. The second-order valence-corrected chi connectivity index (χ2v) is 5.05. The van der Waals surface area contributed by atoms with Crippen LogP contribution in [0.5, 0.6) is 0 Å². The lowest BCUT2D eigenvalue weighted by molar-refractivity contribution is 0.785. The molecule has 0 aliphatic rings. The predicted octanol–water partition coefficient (Wildman–Crippen LogP) is 2.04. The first-order chi connectivity index (χ1) is 9.33. The first kappa shape index (κ1) is 11.8. The molecule has 1 aromatic carbocycles. The van der Waals surface area contributed by atoms with Gasteiger partial charge in [-0.25, -0.2) is 4.68 Å². The van der Waals surface area contributed by atoms with Gasteiger partial charge in [0.1, 0.15) is 6.33 Å². The number of hydrogen-bond donors (Lipinski definition) is 1. The Hall–Kier alpha value is -2.28. The van der Waals surface area contributed by atoms with Gasteiger partial charge >= 0.3 is 0 Å². The number of aryl methyl sites for hydroxylation is 1. The summed E-state index contributed by atoms with van der Waals surface area (Å²) in [5.74, 6) is 0. The van der Waals surface area contributed by atoms with Crippen molar-refractivity contribution in [3.05, 3.63) is 46.7 Å². The molecule has 0 radical (unpaired) electrons. The van der Waals surface area contributed by atoms with Crippen molar-refractivity contribution < 1.29 is 0 Å². The lowest BCUT2D eigenvalue weighted by Gasteiger charge is -2.09. The van der Waals surface area contributed by atoms with Crippen molar-refractivity contribution in [2.45, 2.75) is 13.5 Å². The maximum atomic E-state index is 4.05. The molecule has 19 heavy (non-hydrogen) atoms. The van der Waals surface area contributed by atoms with Gasteiger partial charge in [0.25, 0.3) is 0 Å². The molecule has 0 aliphatic heterocycles. The molecule has 0 bridgehead atoms. The Morgan fingerprint density at radius 2 is 2.32 bits per heavy atom. The van der Waals surface area contributed by atoms with Crippen LogP contribution in [-0.4, -0.2) is 25.2 Å². The lowest BCUT2D eigenvalue weighted by Crippen LogP contribution is -2.02. The molecule has 0 saturated carbocycles. The van der Waals surface area contributed by atoms with E-state index in [1.54, 1.807) is 22.3 Å². The van der Waals surface area contributed by atoms with Gasteiger partial charge in [0.2, 0.25) is 0 Å². The van der Waals surface area contributed by atoms with Crippen molar-refractivity contribution in [3.63, 3.8) is 0 Å². The molecule has 3 rings (SSSR count). The van der Waals surface area contributed by atoms with E-state index >= 15 is 0 Å². The zero-order valence-electron chi connectivity index (χ0n) is 10.3. The molecule has 0 amide bonds. The van der Waals surface area contributed by atoms with Crippen molar-refractivity contribution in [2.75, 3.05) is 5.32 Å². The number of anilines is 1. The smallest absolute Gasteiger partial charge is 0.143 e. The van der Waals surface area contributed by atoms with Crippen LogP contribution in [0.4, 0.5) is 5.69 Å². The van der Waals surface area contributed by atoms with E-state index in [1.807, 2.05) is 36.8 Å². The van der Waals surface area contributed by atoms with Gasteiger partial charge in [0.15, 0.2) is 0 Å². The largest absolute Gasteiger partial charge is 0.380 e. The summed E-state index contributed by atoms with van der Waals surface area (Å²) in [6, 6.07) is 6.13. The molecule has 0 fully saturated rings. The standard InChI is InChI=1S/C12H12N6S/c1-9-2-3-10(14-6-11-5-13-8-19-11)4-12(9)18-7-15-16-17-18/h2-5,7-8,14H,6H2,1H3. The molecule has 2 aromatic heterocycles. The highest BCUT2D eigenvalue weighted by Crippen LogP contribution is 2.19. The van der Waals surface area contributed by atoms with Gasteiger partial charge in [-0.3, -0.25) is 4.98 Å². The molecule has 96 valence electrons. The Morgan fingerprint density at radius 3 is 3.05 bits per heavy atom. The number of nitrogens with zero attached hydrogens (tertiary/aromatic N) is 5. The summed E-state index contributed by atoms with van der Waals surface area (Å²) in [6.45, 7) is 2.80. The molecular weight excluding hydrogens is 260 g/mol. The Morgan fingerprint density at radius 1 is 1.37 bits per heavy atom. The lowest BCUT2D eigenvalue weighted by atomic mass is 10.2. The van der Waals surface area contributed by atoms with E-state index in [9.17, 15) is 0 Å². The SMILES string of the molecule is Cc1ccc(NCc2cncs2)cc1-n1cnnn1. The summed E-state index contributed by atoms with van der Waals surface area (Å²) in [7, 11) is 0. The second kappa shape index (κ2) is 5.15. The summed E-state index contributed by atoms with van der Waals surface area (Å²) in [5.41, 5.74) is 4.96. The molecule has 2 heterocycles. The third-order valence-corrected chi connectivity index (χ3v) is 3.53. The highest BCUT2D eigenvalue weighted by atomic mass is 32.1. The molecule has 0 spiro atoms. The minimum Gasteiger partial charge on any atom is -0.380 e. The molecular formula is C12H12N6S. The van der Waals surface area contributed by atoms with Crippen molar-refractivity contribution in [2.24, 2.45) is 0 Å². The minimum absolute atomic E-state index is 0.767. The number of hydrogen-bond acceptors (Lipinski definition) is 6. The second-order valence-electron chi connectivity index (χ2n) is 4.08. The highest BCUT2D eigenvalue weighted by molar-refractivity contribution is 7.09. The van der Waals surface area contributed by atoms with Crippen LogP contribution in [0.1, 0.15) is 10.4 Å². The van der Waals surface area contributed by atoms with Gasteiger partial charge in [-0.1, -0.05) is 6.07 Å². The van der Waals surface area contributed by atoms with Crippen LogP contribution in [0, 0.1) is 6.92 Å². The van der Waals surface area contributed by atoms with Crippen molar-refractivity contribution in [3.8, 4) is 5.69 Å². The Balaban J connectivity index is 1.81. The third-order valence-electron chi connectivity index (χ3n) is 2.76. The molecule has 0 unspecified atom stereocenters. The van der Waals surface area contributed by atoms with Crippen LogP contribution in [0.15, 0.2) is 36.2 Å². The highest BCUT2D eigenvalue weighted by Gasteiger charge is 2.04. The number of benzene rings is 1. The van der Waals surface area contributed by atoms with E-state index < -0.39 is 0 Å². The first-order valence-electron chi connectivity index (χ1n) is 5.78. The molecule has 7 heteroatoms. The predicted molar refractivity (Wildman–Crippen MR) is 73.3 cm³/mol. The van der Waals surface area contributed by atoms with Crippen LogP contribution in [0.3, 0.4) is 0 Å². The monoisotopic (exact) mass is 272 g/mol. The summed E-state index contributed by atoms with van der Waals surface area (Å²) in [4.78, 5) is 5.25. The first-order valence-corrected chi connectivity index (χ1v) is 6.66. The van der Waals surface area contributed by atoms with E-state index in [0.29, 0.717) is 0 Å². The van der Waals surface area contributed by atoms with Gasteiger partial charge < -0.3 is 5.32 Å². The van der Waals surface area contributed by atoms with Crippen LogP contribution in [0.25, 0.3) is 5.69 Å². The molecule has 0 atom stereocenters. The Bertz CT molecular complexity index is 647. The zero-order valence-corrected chi connectivity index (χ0v) is 11.1. The maximum absolute atomic E-state index is 4.05. The average Bonchev–Trinajstić information content (AvgIpc) is 3.11. The zero-order chi connectivity index (χ0) is 13.1. The van der Waals surface area contributed by atoms with Gasteiger partial charge in [-0.2, -0.15) is 0 Å². The molecule has 0 aliphatic carbocycles. The van der Waals surface area contributed by atoms with E-state index in [0.717, 1.165) is 23.5 Å². The number of rotatable bonds is 4. The van der Waals surface area contributed by atoms with Crippen LogP contribution in [0.2, 0.25) is 0 Å². The number of tetrazole rings is 1. The Labute approximate surface area is 114 Å². The number of thiazole rings is 1. The average molecular weight is 272 g/mol. The van der Waals surface area contributed by atoms with Crippen LogP contribution >= 0.6 is 11.3 Å². The van der Waals surface area contributed by atoms with Crippen molar-refractivity contribution in [1.82, 2.24) is 25.2 Å². The van der Waals surface area contributed by atoms with Gasteiger partial charge in [0.05, 0.1) is 17.7 Å². The summed E-state index contributed by atoms with van der Waals surface area (Å²) in [5, 5.41) is 14.6. The van der Waals surface area contributed by atoms with E-state index in [1.165, 1.54) is 4.88 Å². The van der Waals surface area contributed by atoms with Gasteiger partial charge in [-0.05, 0) is 35.0 Å². The third kappa shape index (κ3) is 2.60. The van der Waals surface area contributed by atoms with Gasteiger partial charge in [-0.15, -0.1) is 16.4 Å². The van der Waals surface area contributed by atoms with E-state index in [2.05, 4.69) is 25.8 Å². The maximum Gasteiger partial charge on any atom is 0.143 e. The van der Waals surface area contributed by atoms with E-state index in [4.69, 9.17) is 0 Å². The number of nitrogens with one attached hydrogen (secondary N) is 1. The molecule has 1 N–H and O–H groups in total. The number of aromatic nitrogens is 5. The fourth-order valence-electron chi connectivity index (χ4n) is 1.76. The summed E-state index contributed by atoms with van der Waals surface area (Å²) in [6.07, 6.45) is 3.46. The molecule has 0 saturated heterocycles. The fraction of sp³-hybridized carbons (Fsp3) is 0.167. The van der Waals surface area contributed by atoms with Crippen molar-refractivity contribution >= 4 is 17.0 Å². The quantitative estimate of drug-likeness (QED) is 0.787. The topological polar surface area (TPSA) is 68.5 Å². The Kier molecular flexibility index (Phi) is 3.20. The van der Waals surface area contributed by atoms with Gasteiger partial charge in [0, 0.05) is 16.8 Å². The fourth-order valence-corrected chi connectivity index (χ4v) is 2.29. The van der Waals surface area contributed by atoms with E-state index in [-0.39, 0.29) is 0 Å². The van der Waals surface area contributed by atoms with Crippen molar-refractivity contribution in [1.29, 1.82) is 0 Å². The minimum atomic E-state index is 0.767. The summed E-state index contributed by atoms with van der Waals surface area (Å²) < 4.78 is 1.66. The molecule has 3 aromatic rings. The van der Waals surface area contributed by atoms with Crippen LogP contribution < -0.4 is 5.32 Å².